The van der Waals surface area contributed by atoms with Crippen LogP contribution in [0.3, 0.4) is 0 Å². The molecule has 0 saturated carbocycles. The minimum atomic E-state index is -0.966. The third-order valence-electron chi connectivity index (χ3n) is 3.81. The summed E-state index contributed by atoms with van der Waals surface area (Å²) in [5, 5.41) is 0. The van der Waals surface area contributed by atoms with Crippen molar-refractivity contribution in [2.24, 2.45) is 0 Å². The van der Waals surface area contributed by atoms with E-state index in [9.17, 15) is 0 Å². The van der Waals surface area contributed by atoms with Gasteiger partial charge < -0.3 is 0 Å². The molecule has 0 aromatic heterocycles. The normalized spacial score (nSPS) is 12.5. The lowest BCUT2D eigenvalue weighted by Gasteiger charge is -2.23. The molecule has 0 spiro atoms. The first-order chi connectivity index (χ1) is 7.24. The third kappa shape index (κ3) is 6.19. The Morgan fingerprint density at radius 3 is 1.87 bits per heavy atom. The van der Waals surface area contributed by atoms with Crippen molar-refractivity contribution in [3.8, 4) is 0 Å². The first-order valence-electron chi connectivity index (χ1n) is 6.92. The maximum atomic E-state index is 2.62. The van der Waals surface area contributed by atoms with Gasteiger partial charge in [-0.3, -0.25) is 0 Å². The van der Waals surface area contributed by atoms with Crippen molar-refractivity contribution >= 4 is 8.07 Å². The number of rotatable bonds is 9. The second-order valence-corrected chi connectivity index (χ2v) is 9.85. The molecule has 0 N–H and O–H groups in total. The zero-order valence-electron chi connectivity index (χ0n) is 11.3. The van der Waals surface area contributed by atoms with Crippen molar-refractivity contribution in [3.63, 3.8) is 0 Å². The van der Waals surface area contributed by atoms with Crippen LogP contribution in [0.4, 0.5) is 0 Å². The third-order valence-corrected chi connectivity index (χ3v) is 8.98. The lowest BCUT2D eigenvalue weighted by atomic mass is 10.2. The standard InChI is InChI=1S/C14H30Si/c1-5-9-10-11-12-13-14-15(6-2,7-3)8-4/h13-14H,5-12H2,1-4H3/b14-13-. The molecule has 0 heterocycles. The van der Waals surface area contributed by atoms with Crippen LogP contribution in [0.15, 0.2) is 11.8 Å². The van der Waals surface area contributed by atoms with Gasteiger partial charge >= 0.3 is 0 Å². The van der Waals surface area contributed by atoms with Crippen LogP contribution in [-0.2, 0) is 0 Å². The monoisotopic (exact) mass is 226 g/mol. The molecule has 0 rings (SSSR count). The van der Waals surface area contributed by atoms with Gasteiger partial charge in [-0.2, -0.15) is 0 Å². The molecule has 0 amide bonds. The smallest absolute Gasteiger partial charge is 0.0766 e. The first-order valence-corrected chi connectivity index (χ1v) is 9.62. The van der Waals surface area contributed by atoms with Gasteiger partial charge in [-0.15, -0.1) is 0 Å². The molecule has 0 radical (unpaired) electrons. The quantitative estimate of drug-likeness (QED) is 0.356. The molecule has 0 aliphatic carbocycles. The van der Waals surface area contributed by atoms with Gasteiger partial charge in [0.1, 0.15) is 0 Å². The maximum absolute atomic E-state index is 2.62. The van der Waals surface area contributed by atoms with Crippen molar-refractivity contribution in [3.05, 3.63) is 11.8 Å². The van der Waals surface area contributed by atoms with E-state index in [1.165, 1.54) is 50.2 Å². The maximum Gasteiger partial charge on any atom is 0.0766 e. The van der Waals surface area contributed by atoms with Crippen LogP contribution < -0.4 is 0 Å². The predicted octanol–water partition coefficient (Wildman–Crippen LogP) is 5.56. The molecule has 0 unspecified atom stereocenters. The van der Waals surface area contributed by atoms with E-state index >= 15 is 0 Å². The Hall–Kier alpha value is -0.0431. The van der Waals surface area contributed by atoms with Crippen LogP contribution in [0.2, 0.25) is 18.1 Å². The van der Waals surface area contributed by atoms with E-state index in [4.69, 9.17) is 0 Å². The summed E-state index contributed by atoms with van der Waals surface area (Å²) in [5.41, 5.74) is 2.62. The summed E-state index contributed by atoms with van der Waals surface area (Å²) in [6.45, 7) is 9.40. The Morgan fingerprint density at radius 1 is 0.800 bits per heavy atom. The summed E-state index contributed by atoms with van der Waals surface area (Å²) in [6, 6.07) is 4.27. The summed E-state index contributed by atoms with van der Waals surface area (Å²) in [6.07, 6.45) is 9.37. The minimum absolute atomic E-state index is 0.966. The Kier molecular flexibility index (Phi) is 9.18. The molecular formula is C14H30Si. The van der Waals surface area contributed by atoms with Crippen LogP contribution in [0, 0.1) is 0 Å². The lowest BCUT2D eigenvalue weighted by Crippen LogP contribution is -2.28. The molecule has 0 aliphatic rings. The van der Waals surface area contributed by atoms with Gasteiger partial charge in [-0.1, -0.05) is 76.9 Å². The topological polar surface area (TPSA) is 0 Å². The van der Waals surface area contributed by atoms with E-state index in [1.54, 1.807) is 0 Å². The lowest BCUT2D eigenvalue weighted by molar-refractivity contribution is 0.674. The number of allylic oxidation sites excluding steroid dienone is 1. The molecule has 0 aromatic rings. The van der Waals surface area contributed by atoms with Crippen LogP contribution in [0.5, 0.6) is 0 Å². The average molecular weight is 226 g/mol. The first kappa shape index (κ1) is 15.0. The summed E-state index contributed by atoms with van der Waals surface area (Å²) in [4.78, 5) is 0. The van der Waals surface area contributed by atoms with Crippen molar-refractivity contribution in [1.82, 2.24) is 0 Å². The fourth-order valence-electron chi connectivity index (χ4n) is 2.13. The highest BCUT2D eigenvalue weighted by Gasteiger charge is 2.22. The molecule has 1 heteroatoms. The summed E-state index contributed by atoms with van der Waals surface area (Å²) in [7, 11) is -0.966. The zero-order valence-corrected chi connectivity index (χ0v) is 12.3. The number of hydrogen-bond acceptors (Lipinski definition) is 0. The van der Waals surface area contributed by atoms with E-state index in [-0.39, 0.29) is 0 Å². The van der Waals surface area contributed by atoms with Gasteiger partial charge in [0.05, 0.1) is 8.07 Å². The highest BCUT2D eigenvalue weighted by Crippen LogP contribution is 2.21. The molecule has 0 nitrogen and oxygen atoms in total. The van der Waals surface area contributed by atoms with Crippen molar-refractivity contribution in [2.45, 2.75) is 77.9 Å². The zero-order chi connectivity index (χ0) is 11.6. The van der Waals surface area contributed by atoms with Crippen LogP contribution in [0.25, 0.3) is 0 Å². The fourth-order valence-corrected chi connectivity index (χ4v) is 5.00. The molecule has 0 bridgehead atoms. The summed E-state index contributed by atoms with van der Waals surface area (Å²) < 4.78 is 0. The van der Waals surface area contributed by atoms with E-state index < -0.39 is 8.07 Å². The van der Waals surface area contributed by atoms with Gasteiger partial charge in [0.2, 0.25) is 0 Å². The van der Waals surface area contributed by atoms with Crippen LogP contribution in [0.1, 0.15) is 59.8 Å². The molecule has 0 saturated heterocycles. The molecule has 90 valence electrons. The van der Waals surface area contributed by atoms with Crippen molar-refractivity contribution in [1.29, 1.82) is 0 Å². The molecular weight excluding hydrogens is 196 g/mol. The van der Waals surface area contributed by atoms with E-state index in [0.717, 1.165) is 0 Å². The van der Waals surface area contributed by atoms with Crippen molar-refractivity contribution < 1.29 is 0 Å². The Labute approximate surface area is 98.2 Å². The SMILES string of the molecule is CCCCCC/C=C\[Si](CC)(CC)CC. The van der Waals surface area contributed by atoms with Gasteiger partial charge in [-0.25, -0.2) is 0 Å². The minimum Gasteiger partial charge on any atom is -0.0981 e. The largest absolute Gasteiger partial charge is 0.0981 e. The predicted molar refractivity (Wildman–Crippen MR) is 75.1 cm³/mol. The molecule has 0 atom stereocenters. The summed E-state index contributed by atoms with van der Waals surface area (Å²) in [5.74, 6) is 0. The van der Waals surface area contributed by atoms with E-state index in [0.29, 0.717) is 0 Å². The summed E-state index contributed by atoms with van der Waals surface area (Å²) >= 11 is 0. The van der Waals surface area contributed by atoms with Crippen molar-refractivity contribution in [2.75, 3.05) is 0 Å². The van der Waals surface area contributed by atoms with E-state index in [1.807, 2.05) is 0 Å². The van der Waals surface area contributed by atoms with Crippen LogP contribution >= 0.6 is 0 Å². The van der Waals surface area contributed by atoms with Gasteiger partial charge in [-0.05, 0) is 12.8 Å². The van der Waals surface area contributed by atoms with E-state index in [2.05, 4.69) is 39.5 Å². The number of hydrogen-bond donors (Lipinski definition) is 0. The average Bonchev–Trinajstić information content (AvgIpc) is 2.29. The molecule has 0 fully saturated rings. The Morgan fingerprint density at radius 2 is 1.40 bits per heavy atom. The Balaban J connectivity index is 3.80. The molecule has 0 aliphatic heterocycles. The second-order valence-electron chi connectivity index (χ2n) is 4.67. The van der Waals surface area contributed by atoms with Gasteiger partial charge in [0, 0.05) is 0 Å². The molecule has 15 heavy (non-hydrogen) atoms. The Bertz CT molecular complexity index is 148. The van der Waals surface area contributed by atoms with Gasteiger partial charge in [0.25, 0.3) is 0 Å². The number of unbranched alkanes of at least 4 members (excludes halogenated alkanes) is 4. The highest BCUT2D eigenvalue weighted by atomic mass is 28.3. The van der Waals surface area contributed by atoms with Crippen LogP contribution in [-0.4, -0.2) is 8.07 Å². The highest BCUT2D eigenvalue weighted by molar-refractivity contribution is 6.84. The van der Waals surface area contributed by atoms with Gasteiger partial charge in [0.15, 0.2) is 0 Å². The molecule has 0 aromatic carbocycles. The fraction of sp³-hybridized carbons (Fsp3) is 0.857. The second kappa shape index (κ2) is 9.20.